The maximum absolute atomic E-state index is 10.4. The van der Waals surface area contributed by atoms with Crippen LogP contribution in [0.1, 0.15) is 6.42 Å². The third-order valence-electron chi connectivity index (χ3n) is 2.65. The van der Waals surface area contributed by atoms with E-state index in [4.69, 9.17) is 9.84 Å². The van der Waals surface area contributed by atoms with Gasteiger partial charge >= 0.3 is 0 Å². The molecule has 0 spiro atoms. The van der Waals surface area contributed by atoms with Crippen LogP contribution in [-0.2, 0) is 19.4 Å². The Kier molecular flexibility index (Phi) is 7.21. The van der Waals surface area contributed by atoms with Gasteiger partial charge in [0, 0.05) is 6.42 Å². The highest BCUT2D eigenvalue weighted by molar-refractivity contribution is 8.14. The second kappa shape index (κ2) is 8.21. The summed E-state index contributed by atoms with van der Waals surface area (Å²) < 4.78 is 40.1. The van der Waals surface area contributed by atoms with Crippen LogP contribution in [0.3, 0.4) is 0 Å². The van der Waals surface area contributed by atoms with Gasteiger partial charge < -0.3 is 29.7 Å². The second-order valence-corrected chi connectivity index (χ2v) is 6.41. The van der Waals surface area contributed by atoms with E-state index in [1.165, 1.54) is 6.08 Å². The quantitative estimate of drug-likeness (QED) is 0.103. The first-order chi connectivity index (χ1) is 10.2. The first kappa shape index (κ1) is 19.3. The molecule has 128 valence electrons. The number of oxime groups is 1. The van der Waals surface area contributed by atoms with Crippen molar-refractivity contribution < 1.29 is 42.4 Å². The molecule has 22 heavy (non-hydrogen) atoms. The van der Waals surface area contributed by atoms with Crippen molar-refractivity contribution in [2.75, 3.05) is 6.61 Å². The van der Waals surface area contributed by atoms with Gasteiger partial charge in [0.05, 0.1) is 6.61 Å². The molecule has 0 aromatic carbocycles. The van der Waals surface area contributed by atoms with Gasteiger partial charge in [0.2, 0.25) is 0 Å². The van der Waals surface area contributed by atoms with Gasteiger partial charge in [-0.15, -0.1) is 6.58 Å². The van der Waals surface area contributed by atoms with Crippen LogP contribution in [0.15, 0.2) is 17.8 Å². The Hall–Kier alpha value is -0.730. The zero-order chi connectivity index (χ0) is 16.9. The van der Waals surface area contributed by atoms with Crippen molar-refractivity contribution in [3.8, 4) is 0 Å². The van der Waals surface area contributed by atoms with E-state index < -0.39 is 46.9 Å². The fourth-order valence-electron chi connectivity index (χ4n) is 1.62. The van der Waals surface area contributed by atoms with Crippen LogP contribution in [-0.4, -0.2) is 74.9 Å². The zero-order valence-corrected chi connectivity index (χ0v) is 12.8. The number of ether oxygens (including phenoxy) is 1. The molecule has 5 atom stereocenters. The van der Waals surface area contributed by atoms with E-state index >= 15 is 0 Å². The average Bonchev–Trinajstić information content (AvgIpc) is 2.44. The summed E-state index contributed by atoms with van der Waals surface area (Å²) in [7, 11) is -5.04. The van der Waals surface area contributed by atoms with E-state index in [1.807, 2.05) is 0 Å². The van der Waals surface area contributed by atoms with E-state index in [2.05, 4.69) is 16.0 Å². The fourth-order valence-corrected chi connectivity index (χ4v) is 2.91. The number of hydrogen-bond acceptors (Lipinski definition) is 11. The topological polar surface area (TPSA) is 169 Å². The number of aliphatic hydroxyl groups is 4. The van der Waals surface area contributed by atoms with E-state index in [-0.39, 0.29) is 11.5 Å². The molecule has 0 aromatic heterocycles. The van der Waals surface area contributed by atoms with Gasteiger partial charge in [-0.05, 0) is 0 Å². The SMILES string of the molecule is C=CC/C(=N/OS(=O)(=O)[O-])SC1OC(CO)C(O)C(O)C1O. The Morgan fingerprint density at radius 2 is 2.00 bits per heavy atom. The summed E-state index contributed by atoms with van der Waals surface area (Å²) >= 11 is 0.660. The van der Waals surface area contributed by atoms with Crippen LogP contribution in [0.2, 0.25) is 0 Å². The first-order valence-electron chi connectivity index (χ1n) is 5.99. The Bertz CT molecular complexity index is 507. The molecule has 1 heterocycles. The summed E-state index contributed by atoms with van der Waals surface area (Å²) in [4.78, 5) is 0. The highest BCUT2D eigenvalue weighted by Gasteiger charge is 2.44. The molecule has 1 aliphatic rings. The van der Waals surface area contributed by atoms with Gasteiger partial charge in [-0.2, -0.15) is 8.42 Å². The molecule has 5 unspecified atom stereocenters. The number of hydrogen-bond donors (Lipinski definition) is 4. The second-order valence-electron chi connectivity index (χ2n) is 4.28. The third-order valence-corrected chi connectivity index (χ3v) is 4.04. The normalized spacial score (nSPS) is 33.5. The molecule has 0 aliphatic carbocycles. The van der Waals surface area contributed by atoms with Crippen molar-refractivity contribution >= 4 is 27.2 Å². The monoisotopic (exact) mass is 358 g/mol. The van der Waals surface area contributed by atoms with Gasteiger partial charge in [0.25, 0.3) is 10.4 Å². The Morgan fingerprint density at radius 3 is 2.50 bits per heavy atom. The molecule has 0 bridgehead atoms. The van der Waals surface area contributed by atoms with Crippen LogP contribution in [0, 0.1) is 0 Å². The lowest BCUT2D eigenvalue weighted by Gasteiger charge is -2.39. The van der Waals surface area contributed by atoms with E-state index in [9.17, 15) is 28.3 Å². The summed E-state index contributed by atoms with van der Waals surface area (Å²) in [6, 6.07) is 0. The molecule has 1 rings (SSSR count). The summed E-state index contributed by atoms with van der Waals surface area (Å²) in [6.45, 7) is 2.80. The van der Waals surface area contributed by atoms with Crippen LogP contribution in [0.25, 0.3) is 0 Å². The van der Waals surface area contributed by atoms with Gasteiger partial charge in [0.15, 0.2) is 0 Å². The van der Waals surface area contributed by atoms with Gasteiger partial charge in [0.1, 0.15) is 34.9 Å². The van der Waals surface area contributed by atoms with Gasteiger partial charge in [-0.3, -0.25) is 4.28 Å². The molecular weight excluding hydrogens is 342 g/mol. The predicted molar refractivity (Wildman–Crippen MR) is 74.4 cm³/mol. The van der Waals surface area contributed by atoms with Crippen LogP contribution in [0.4, 0.5) is 0 Å². The predicted octanol–water partition coefficient (Wildman–Crippen LogP) is -2.11. The maximum Gasteiger partial charge on any atom is 0.284 e. The largest absolute Gasteiger partial charge is 0.714 e. The Balaban J connectivity index is 2.85. The van der Waals surface area contributed by atoms with Crippen molar-refractivity contribution in [2.45, 2.75) is 36.3 Å². The number of rotatable bonds is 6. The summed E-state index contributed by atoms with van der Waals surface area (Å²) in [5.41, 5.74) is -1.17. The first-order valence-corrected chi connectivity index (χ1v) is 8.20. The number of aliphatic hydroxyl groups excluding tert-OH is 4. The minimum Gasteiger partial charge on any atom is -0.714 e. The molecule has 1 aliphatic heterocycles. The lowest BCUT2D eigenvalue weighted by molar-refractivity contribution is -0.205. The molecule has 0 aromatic rings. The van der Waals surface area contributed by atoms with Crippen LogP contribution < -0.4 is 0 Å². The van der Waals surface area contributed by atoms with Crippen molar-refractivity contribution in [1.82, 2.24) is 0 Å². The molecule has 10 nitrogen and oxygen atoms in total. The number of thioether (sulfide) groups is 1. The lowest BCUT2D eigenvalue weighted by atomic mass is 10.0. The van der Waals surface area contributed by atoms with Crippen LogP contribution >= 0.6 is 11.8 Å². The minimum atomic E-state index is -5.04. The number of allylic oxidation sites excluding steroid dienone is 1. The lowest BCUT2D eigenvalue weighted by Crippen LogP contribution is -2.57. The highest BCUT2D eigenvalue weighted by Crippen LogP contribution is 2.30. The molecule has 0 saturated carbocycles. The fraction of sp³-hybridized carbons (Fsp3) is 0.700. The number of nitrogens with zero attached hydrogens (tertiary/aromatic N) is 1. The van der Waals surface area contributed by atoms with E-state index in [1.54, 1.807) is 0 Å². The third kappa shape index (κ3) is 5.48. The summed E-state index contributed by atoms with van der Waals surface area (Å²) in [5.74, 6) is 0. The highest BCUT2D eigenvalue weighted by atomic mass is 32.3. The van der Waals surface area contributed by atoms with E-state index in [0.717, 1.165) is 0 Å². The van der Waals surface area contributed by atoms with Gasteiger partial charge in [-0.1, -0.05) is 23.0 Å². The van der Waals surface area contributed by atoms with Crippen molar-refractivity contribution in [1.29, 1.82) is 0 Å². The average molecular weight is 358 g/mol. The zero-order valence-electron chi connectivity index (χ0n) is 11.2. The summed E-state index contributed by atoms with van der Waals surface area (Å²) in [5, 5.41) is 41.2. The Labute approximate surface area is 131 Å². The molecule has 0 amide bonds. The minimum absolute atomic E-state index is 0.00475. The molecule has 12 heteroatoms. The molecule has 4 N–H and O–H groups in total. The molecule has 1 saturated heterocycles. The molecule has 0 radical (unpaired) electrons. The molecular formula is C10H16NO9S2-. The summed E-state index contributed by atoms with van der Waals surface area (Å²) in [6.07, 6.45) is -4.44. The smallest absolute Gasteiger partial charge is 0.284 e. The van der Waals surface area contributed by atoms with Gasteiger partial charge in [-0.25, -0.2) is 0 Å². The van der Waals surface area contributed by atoms with Crippen molar-refractivity contribution in [2.24, 2.45) is 5.16 Å². The standard InChI is InChI=1S/C10H17NO9S2/c1-2-3-6(11-20-22(16,17)18)21-10-9(15)8(14)7(13)5(4-12)19-10/h2,5,7-10,12-15H,1,3-4H2,(H,16,17,18)/p-1/b11-6-. The Morgan fingerprint density at radius 1 is 1.36 bits per heavy atom. The molecule has 1 fully saturated rings. The van der Waals surface area contributed by atoms with Crippen molar-refractivity contribution in [3.63, 3.8) is 0 Å². The van der Waals surface area contributed by atoms with E-state index in [0.29, 0.717) is 11.8 Å². The van der Waals surface area contributed by atoms with Crippen LogP contribution in [0.5, 0.6) is 0 Å². The maximum atomic E-state index is 10.4. The van der Waals surface area contributed by atoms with Crippen molar-refractivity contribution in [3.05, 3.63) is 12.7 Å².